The molecule has 2 heterocycles. The molecular formula is C17H12ClF3N4O. The molecule has 3 aromatic rings. The molecule has 1 N–H and O–H groups in total. The number of nitrogens with zero attached hydrogens (tertiary/aromatic N) is 3. The third-order valence-corrected chi connectivity index (χ3v) is 3.77. The van der Waals surface area contributed by atoms with E-state index >= 15 is 0 Å². The van der Waals surface area contributed by atoms with Crippen molar-refractivity contribution in [3.63, 3.8) is 0 Å². The molecular weight excluding hydrogens is 369 g/mol. The number of hydrogen-bond acceptors (Lipinski definition) is 3. The quantitative estimate of drug-likeness (QED) is 0.747. The third-order valence-electron chi connectivity index (χ3n) is 3.54. The summed E-state index contributed by atoms with van der Waals surface area (Å²) in [5.41, 5.74) is -0.902. The second kappa shape index (κ2) is 7.17. The Morgan fingerprint density at radius 2 is 1.92 bits per heavy atom. The van der Waals surface area contributed by atoms with Crippen LogP contribution in [0.2, 0.25) is 5.02 Å². The lowest BCUT2D eigenvalue weighted by Gasteiger charge is -2.13. The normalized spacial score (nSPS) is 11.4. The number of pyridine rings is 1. The summed E-state index contributed by atoms with van der Waals surface area (Å²) < 4.78 is 41.4. The van der Waals surface area contributed by atoms with E-state index in [4.69, 9.17) is 11.6 Å². The molecule has 0 saturated carbocycles. The summed E-state index contributed by atoms with van der Waals surface area (Å²) in [4.78, 5) is 16.1. The standard InChI is InChI=1S/C17H12ClF3N4O/c18-12-2-1-3-13(8-12)25-15(17(19,20)21)14(10-24-25)16(26)23-9-11-4-6-22-7-5-11/h1-8,10H,9H2,(H,23,26). The zero-order valence-electron chi connectivity index (χ0n) is 13.2. The zero-order valence-corrected chi connectivity index (χ0v) is 13.9. The Labute approximate surface area is 151 Å². The molecule has 0 bridgehead atoms. The van der Waals surface area contributed by atoms with Gasteiger partial charge in [0.1, 0.15) is 0 Å². The van der Waals surface area contributed by atoms with E-state index in [1.165, 1.54) is 36.7 Å². The highest BCUT2D eigenvalue weighted by Gasteiger charge is 2.40. The van der Waals surface area contributed by atoms with Crippen LogP contribution in [0.3, 0.4) is 0 Å². The van der Waals surface area contributed by atoms with Gasteiger partial charge in [0, 0.05) is 24.0 Å². The Morgan fingerprint density at radius 1 is 1.19 bits per heavy atom. The van der Waals surface area contributed by atoms with Crippen LogP contribution < -0.4 is 5.32 Å². The molecule has 0 aliphatic carbocycles. The Morgan fingerprint density at radius 3 is 2.58 bits per heavy atom. The summed E-state index contributed by atoms with van der Waals surface area (Å²) in [7, 11) is 0. The Hall–Kier alpha value is -2.87. The molecule has 26 heavy (non-hydrogen) atoms. The monoisotopic (exact) mass is 380 g/mol. The molecule has 134 valence electrons. The van der Waals surface area contributed by atoms with Crippen LogP contribution >= 0.6 is 11.6 Å². The average Bonchev–Trinajstić information content (AvgIpc) is 3.06. The summed E-state index contributed by atoms with van der Waals surface area (Å²) in [6.45, 7) is 0.0704. The lowest BCUT2D eigenvalue weighted by atomic mass is 10.2. The highest BCUT2D eigenvalue weighted by molar-refractivity contribution is 6.30. The topological polar surface area (TPSA) is 59.8 Å². The van der Waals surface area contributed by atoms with Gasteiger partial charge in [0.15, 0.2) is 5.69 Å². The molecule has 0 aliphatic heterocycles. The van der Waals surface area contributed by atoms with Crippen molar-refractivity contribution in [3.8, 4) is 5.69 Å². The predicted octanol–water partition coefficient (Wildman–Crippen LogP) is 3.87. The SMILES string of the molecule is O=C(NCc1ccncc1)c1cnn(-c2cccc(Cl)c2)c1C(F)(F)F. The number of nitrogens with one attached hydrogen (secondary N) is 1. The van der Waals surface area contributed by atoms with Gasteiger partial charge < -0.3 is 5.32 Å². The van der Waals surface area contributed by atoms with Crippen LogP contribution in [0.1, 0.15) is 21.6 Å². The van der Waals surface area contributed by atoms with Crippen LogP contribution in [0.5, 0.6) is 0 Å². The fourth-order valence-corrected chi connectivity index (χ4v) is 2.55. The van der Waals surface area contributed by atoms with E-state index in [1.807, 2.05) is 0 Å². The number of hydrogen-bond donors (Lipinski definition) is 1. The first-order valence-electron chi connectivity index (χ1n) is 7.44. The fraction of sp³-hybridized carbons (Fsp3) is 0.118. The van der Waals surface area contributed by atoms with Crippen molar-refractivity contribution in [2.75, 3.05) is 0 Å². The summed E-state index contributed by atoms with van der Waals surface area (Å²) in [5, 5.41) is 6.45. The van der Waals surface area contributed by atoms with E-state index in [-0.39, 0.29) is 17.3 Å². The van der Waals surface area contributed by atoms with Gasteiger partial charge in [-0.1, -0.05) is 17.7 Å². The van der Waals surface area contributed by atoms with Crippen LogP contribution in [0.15, 0.2) is 55.0 Å². The summed E-state index contributed by atoms with van der Waals surface area (Å²) >= 11 is 5.84. The molecule has 9 heteroatoms. The van der Waals surface area contributed by atoms with E-state index < -0.39 is 23.3 Å². The van der Waals surface area contributed by atoms with Crippen LogP contribution in [-0.2, 0) is 12.7 Å². The molecule has 0 aliphatic rings. The highest BCUT2D eigenvalue weighted by Crippen LogP contribution is 2.34. The summed E-state index contributed by atoms with van der Waals surface area (Å²) in [5.74, 6) is -0.873. The molecule has 1 amide bonds. The molecule has 0 radical (unpaired) electrons. The molecule has 5 nitrogen and oxygen atoms in total. The van der Waals surface area contributed by atoms with Gasteiger partial charge in [0.25, 0.3) is 5.91 Å². The van der Waals surface area contributed by atoms with E-state index in [9.17, 15) is 18.0 Å². The first-order valence-corrected chi connectivity index (χ1v) is 7.82. The van der Waals surface area contributed by atoms with Crippen molar-refractivity contribution in [2.45, 2.75) is 12.7 Å². The van der Waals surface area contributed by atoms with E-state index in [0.29, 0.717) is 10.2 Å². The van der Waals surface area contributed by atoms with Crippen molar-refractivity contribution >= 4 is 17.5 Å². The Kier molecular flexibility index (Phi) is 4.94. The minimum Gasteiger partial charge on any atom is -0.348 e. The molecule has 3 rings (SSSR count). The number of amides is 1. The van der Waals surface area contributed by atoms with Gasteiger partial charge in [-0.2, -0.15) is 18.3 Å². The zero-order chi connectivity index (χ0) is 18.7. The minimum absolute atomic E-state index is 0.0704. The number of alkyl halides is 3. The van der Waals surface area contributed by atoms with Crippen molar-refractivity contribution < 1.29 is 18.0 Å². The van der Waals surface area contributed by atoms with Crippen LogP contribution in [0.4, 0.5) is 13.2 Å². The van der Waals surface area contributed by atoms with Crippen molar-refractivity contribution in [2.24, 2.45) is 0 Å². The molecule has 1 aromatic carbocycles. The number of carbonyl (C=O) groups excluding carboxylic acids is 1. The van der Waals surface area contributed by atoms with E-state index in [1.54, 1.807) is 12.1 Å². The Balaban J connectivity index is 1.93. The summed E-state index contributed by atoms with van der Waals surface area (Å²) in [6.07, 6.45) is -0.826. The van der Waals surface area contributed by atoms with Crippen LogP contribution in [-0.4, -0.2) is 20.7 Å². The number of benzene rings is 1. The number of halogens is 4. The number of aromatic nitrogens is 3. The van der Waals surface area contributed by atoms with Gasteiger partial charge in [0.2, 0.25) is 0 Å². The molecule has 0 atom stereocenters. The van der Waals surface area contributed by atoms with Gasteiger partial charge in [-0.25, -0.2) is 4.68 Å². The lowest BCUT2D eigenvalue weighted by Crippen LogP contribution is -2.26. The second-order valence-corrected chi connectivity index (χ2v) is 5.77. The smallest absolute Gasteiger partial charge is 0.348 e. The molecule has 2 aromatic heterocycles. The number of carbonyl (C=O) groups is 1. The summed E-state index contributed by atoms with van der Waals surface area (Å²) in [6, 6.07) is 9.10. The molecule has 0 fully saturated rings. The predicted molar refractivity (Wildman–Crippen MR) is 89.0 cm³/mol. The largest absolute Gasteiger partial charge is 0.434 e. The van der Waals surface area contributed by atoms with E-state index in [2.05, 4.69) is 15.4 Å². The molecule has 0 unspecified atom stereocenters. The minimum atomic E-state index is -4.78. The van der Waals surface area contributed by atoms with Crippen LogP contribution in [0.25, 0.3) is 5.69 Å². The van der Waals surface area contributed by atoms with Gasteiger partial charge in [-0.05, 0) is 35.9 Å². The lowest BCUT2D eigenvalue weighted by molar-refractivity contribution is -0.143. The van der Waals surface area contributed by atoms with Crippen molar-refractivity contribution in [1.29, 1.82) is 0 Å². The van der Waals surface area contributed by atoms with Gasteiger partial charge >= 0.3 is 6.18 Å². The van der Waals surface area contributed by atoms with Crippen LogP contribution in [0, 0.1) is 0 Å². The maximum Gasteiger partial charge on any atom is 0.434 e. The Bertz CT molecular complexity index is 925. The van der Waals surface area contributed by atoms with Gasteiger partial charge in [0.05, 0.1) is 17.4 Å². The van der Waals surface area contributed by atoms with E-state index in [0.717, 1.165) is 6.20 Å². The average molecular weight is 381 g/mol. The number of rotatable bonds is 4. The third kappa shape index (κ3) is 3.85. The van der Waals surface area contributed by atoms with Crippen molar-refractivity contribution in [1.82, 2.24) is 20.1 Å². The maximum absolute atomic E-state index is 13.6. The fourth-order valence-electron chi connectivity index (χ4n) is 2.37. The maximum atomic E-state index is 13.6. The van der Waals surface area contributed by atoms with Gasteiger partial charge in [-0.3, -0.25) is 9.78 Å². The van der Waals surface area contributed by atoms with Crippen molar-refractivity contribution in [3.05, 3.63) is 76.8 Å². The van der Waals surface area contributed by atoms with Gasteiger partial charge in [-0.15, -0.1) is 0 Å². The first kappa shape index (κ1) is 17.9. The molecule has 0 spiro atoms. The first-order chi connectivity index (χ1) is 12.4. The second-order valence-electron chi connectivity index (χ2n) is 5.33. The molecule has 0 saturated heterocycles. The highest BCUT2D eigenvalue weighted by atomic mass is 35.5.